The zero-order chi connectivity index (χ0) is 18.1. The minimum Gasteiger partial charge on any atom is -0.329 e. The van der Waals surface area contributed by atoms with E-state index in [0.29, 0.717) is 11.1 Å². The van der Waals surface area contributed by atoms with Crippen LogP contribution in [0.3, 0.4) is 0 Å². The van der Waals surface area contributed by atoms with Crippen LogP contribution in [-0.4, -0.2) is 49.5 Å². The van der Waals surface area contributed by atoms with E-state index in [-0.39, 0.29) is 49.5 Å². The average Bonchev–Trinajstić information content (AvgIpc) is 3.14. The maximum Gasteiger partial charge on any atom is 0.261 e. The second-order valence-corrected chi connectivity index (χ2v) is 8.62. The summed E-state index contributed by atoms with van der Waals surface area (Å²) in [6.45, 7) is 0.369. The van der Waals surface area contributed by atoms with Crippen LogP contribution >= 0.6 is 12.4 Å². The van der Waals surface area contributed by atoms with Crippen molar-refractivity contribution in [3.05, 3.63) is 35.4 Å². The number of hydrogen-bond donors (Lipinski definition) is 2. The molecule has 9 heteroatoms. The van der Waals surface area contributed by atoms with Crippen molar-refractivity contribution in [2.24, 2.45) is 5.73 Å². The molecule has 2 amide bonds. The Morgan fingerprint density at radius 2 is 1.62 bits per heavy atom. The summed E-state index contributed by atoms with van der Waals surface area (Å²) >= 11 is 0. The molecule has 1 aromatic rings. The molecule has 1 saturated carbocycles. The van der Waals surface area contributed by atoms with E-state index < -0.39 is 15.6 Å². The first kappa shape index (κ1) is 20.8. The molecule has 0 atom stereocenters. The maximum atomic E-state index is 12.4. The SMILES string of the molecule is Cl.NCC1(NS(=O)(=O)CCCN2C(=O)c3ccccc3C2=O)CCCC1. The normalized spacial score (nSPS) is 18.7. The topological polar surface area (TPSA) is 110 Å². The van der Waals surface area contributed by atoms with Gasteiger partial charge in [0.05, 0.1) is 16.9 Å². The largest absolute Gasteiger partial charge is 0.329 e. The highest BCUT2D eigenvalue weighted by molar-refractivity contribution is 7.89. The van der Waals surface area contributed by atoms with Gasteiger partial charge in [-0.2, -0.15) is 0 Å². The van der Waals surface area contributed by atoms with Gasteiger partial charge in [0.25, 0.3) is 11.8 Å². The Labute approximate surface area is 159 Å². The summed E-state index contributed by atoms with van der Waals surface area (Å²) in [5.74, 6) is -0.859. The molecule has 0 aromatic heterocycles. The highest BCUT2D eigenvalue weighted by Gasteiger charge is 2.37. The summed E-state index contributed by atoms with van der Waals surface area (Å²) in [6.07, 6.45) is 3.63. The van der Waals surface area contributed by atoms with Gasteiger partial charge in [-0.25, -0.2) is 13.1 Å². The van der Waals surface area contributed by atoms with E-state index in [0.717, 1.165) is 30.6 Å². The molecule has 0 bridgehead atoms. The molecule has 0 unspecified atom stereocenters. The molecule has 1 heterocycles. The van der Waals surface area contributed by atoms with E-state index in [2.05, 4.69) is 4.72 Å². The Balaban J connectivity index is 0.00000243. The lowest BCUT2D eigenvalue weighted by atomic mass is 10.0. The average molecular weight is 402 g/mol. The number of sulfonamides is 1. The fourth-order valence-electron chi connectivity index (χ4n) is 3.64. The minimum atomic E-state index is -3.51. The maximum absolute atomic E-state index is 12.4. The third-order valence-corrected chi connectivity index (χ3v) is 6.57. The van der Waals surface area contributed by atoms with Gasteiger partial charge < -0.3 is 5.73 Å². The molecular formula is C17H24ClN3O4S. The summed E-state index contributed by atoms with van der Waals surface area (Å²) in [7, 11) is -3.51. The summed E-state index contributed by atoms with van der Waals surface area (Å²) in [4.78, 5) is 25.6. The number of carbonyl (C=O) groups is 2. The van der Waals surface area contributed by atoms with Crippen LogP contribution in [0.25, 0.3) is 0 Å². The number of nitrogens with zero attached hydrogens (tertiary/aromatic N) is 1. The third-order valence-electron chi connectivity index (χ3n) is 5.00. The number of nitrogens with two attached hydrogens (primary N) is 1. The van der Waals surface area contributed by atoms with Gasteiger partial charge in [-0.05, 0) is 31.4 Å². The Kier molecular flexibility index (Phi) is 6.44. The number of benzene rings is 1. The number of halogens is 1. The molecule has 0 spiro atoms. The van der Waals surface area contributed by atoms with E-state index >= 15 is 0 Å². The van der Waals surface area contributed by atoms with E-state index in [9.17, 15) is 18.0 Å². The van der Waals surface area contributed by atoms with E-state index in [1.165, 1.54) is 0 Å². The summed E-state index contributed by atoms with van der Waals surface area (Å²) in [6, 6.07) is 6.63. The Morgan fingerprint density at radius 1 is 1.08 bits per heavy atom. The fraction of sp³-hybridized carbons (Fsp3) is 0.529. The molecule has 26 heavy (non-hydrogen) atoms. The first-order chi connectivity index (χ1) is 11.9. The van der Waals surface area contributed by atoms with Crippen molar-refractivity contribution in [1.29, 1.82) is 0 Å². The minimum absolute atomic E-state index is 0. The van der Waals surface area contributed by atoms with Gasteiger partial charge in [0.1, 0.15) is 0 Å². The van der Waals surface area contributed by atoms with E-state index in [1.54, 1.807) is 24.3 Å². The van der Waals surface area contributed by atoms with Crippen molar-refractivity contribution in [1.82, 2.24) is 9.62 Å². The van der Waals surface area contributed by atoms with Gasteiger partial charge in [-0.1, -0.05) is 25.0 Å². The van der Waals surface area contributed by atoms with Crippen LogP contribution in [0.5, 0.6) is 0 Å². The van der Waals surface area contributed by atoms with Crippen LogP contribution in [0.2, 0.25) is 0 Å². The lowest BCUT2D eigenvalue weighted by Crippen LogP contribution is -2.52. The summed E-state index contributed by atoms with van der Waals surface area (Å²) < 4.78 is 27.4. The molecule has 2 aliphatic rings. The number of rotatable bonds is 7. The Bertz CT molecular complexity index is 756. The number of hydrogen-bond acceptors (Lipinski definition) is 5. The van der Waals surface area contributed by atoms with Gasteiger partial charge in [0.2, 0.25) is 10.0 Å². The van der Waals surface area contributed by atoms with Gasteiger partial charge in [0.15, 0.2) is 0 Å². The zero-order valence-electron chi connectivity index (χ0n) is 14.4. The molecule has 3 rings (SSSR count). The van der Waals surface area contributed by atoms with Crippen LogP contribution in [0.4, 0.5) is 0 Å². The summed E-state index contributed by atoms with van der Waals surface area (Å²) in [5, 5.41) is 0. The van der Waals surface area contributed by atoms with E-state index in [1.807, 2.05) is 0 Å². The molecule has 1 fully saturated rings. The number of nitrogens with one attached hydrogen (secondary N) is 1. The van der Waals surface area contributed by atoms with Gasteiger partial charge in [0, 0.05) is 18.6 Å². The molecule has 7 nitrogen and oxygen atoms in total. The molecule has 1 aliphatic carbocycles. The number of amides is 2. The van der Waals surface area contributed by atoms with Crippen molar-refractivity contribution < 1.29 is 18.0 Å². The molecule has 0 saturated heterocycles. The van der Waals surface area contributed by atoms with Crippen LogP contribution in [0, 0.1) is 0 Å². The molecule has 1 aliphatic heterocycles. The van der Waals surface area contributed by atoms with Crippen LogP contribution in [0.1, 0.15) is 52.8 Å². The van der Waals surface area contributed by atoms with E-state index in [4.69, 9.17) is 5.73 Å². The Hall–Kier alpha value is -1.48. The van der Waals surface area contributed by atoms with Crippen molar-refractivity contribution in [2.75, 3.05) is 18.8 Å². The first-order valence-electron chi connectivity index (χ1n) is 8.54. The summed E-state index contributed by atoms with van der Waals surface area (Å²) in [5.41, 5.74) is 5.98. The lowest BCUT2D eigenvalue weighted by Gasteiger charge is -2.28. The van der Waals surface area contributed by atoms with Crippen LogP contribution < -0.4 is 10.5 Å². The number of fused-ring (bicyclic) bond motifs is 1. The lowest BCUT2D eigenvalue weighted by molar-refractivity contribution is 0.0654. The van der Waals surface area contributed by atoms with Crippen LogP contribution in [0.15, 0.2) is 24.3 Å². The zero-order valence-corrected chi connectivity index (χ0v) is 16.1. The van der Waals surface area contributed by atoms with Crippen molar-refractivity contribution in [3.63, 3.8) is 0 Å². The highest BCUT2D eigenvalue weighted by atomic mass is 35.5. The molecule has 3 N–H and O–H groups in total. The second kappa shape index (κ2) is 8.04. The molecule has 0 radical (unpaired) electrons. The van der Waals surface area contributed by atoms with Crippen molar-refractivity contribution in [2.45, 2.75) is 37.6 Å². The van der Waals surface area contributed by atoms with Gasteiger partial charge in [-0.3, -0.25) is 14.5 Å². The van der Waals surface area contributed by atoms with Crippen molar-refractivity contribution >= 4 is 34.2 Å². The monoisotopic (exact) mass is 401 g/mol. The quantitative estimate of drug-likeness (QED) is 0.669. The predicted octanol–water partition coefficient (Wildman–Crippen LogP) is 1.29. The van der Waals surface area contributed by atoms with Crippen molar-refractivity contribution in [3.8, 4) is 0 Å². The third kappa shape index (κ3) is 4.09. The smallest absolute Gasteiger partial charge is 0.261 e. The molecular weight excluding hydrogens is 378 g/mol. The molecule has 1 aromatic carbocycles. The number of carbonyl (C=O) groups excluding carboxylic acids is 2. The Morgan fingerprint density at radius 3 is 2.12 bits per heavy atom. The first-order valence-corrected chi connectivity index (χ1v) is 10.2. The predicted molar refractivity (Wildman–Crippen MR) is 101 cm³/mol. The number of imide groups is 1. The highest BCUT2D eigenvalue weighted by Crippen LogP contribution is 2.29. The van der Waals surface area contributed by atoms with Crippen LogP contribution in [-0.2, 0) is 10.0 Å². The van der Waals surface area contributed by atoms with Gasteiger partial charge in [-0.15, -0.1) is 12.4 Å². The van der Waals surface area contributed by atoms with Gasteiger partial charge >= 0.3 is 0 Å². The second-order valence-electron chi connectivity index (χ2n) is 6.77. The standard InChI is InChI=1S/C17H23N3O4S.ClH/c18-12-17(8-3-4-9-17)19-25(23,24)11-5-10-20-15(21)13-6-1-2-7-14(13)16(20)22;/h1-2,6-7,19H,3-5,8-12,18H2;1H. The fourth-order valence-corrected chi connectivity index (χ4v) is 5.19. The molecule has 144 valence electrons.